The number of hydrogen-bond acceptors (Lipinski definition) is 3. The third-order valence-corrected chi connectivity index (χ3v) is 4.34. The fourth-order valence-corrected chi connectivity index (χ4v) is 3.10. The van der Waals surface area contributed by atoms with E-state index in [1.54, 1.807) is 18.2 Å². The van der Waals surface area contributed by atoms with Crippen LogP contribution in [0.25, 0.3) is 0 Å². The number of benzene rings is 2. The van der Waals surface area contributed by atoms with E-state index in [1.165, 1.54) is 6.07 Å². The summed E-state index contributed by atoms with van der Waals surface area (Å²) in [5.74, 6) is 0. The van der Waals surface area contributed by atoms with Gasteiger partial charge >= 0.3 is 0 Å². The molecule has 102 valence electrons. The van der Waals surface area contributed by atoms with Crippen LogP contribution < -0.4 is 4.72 Å². The zero-order chi connectivity index (χ0) is 14.4. The molecule has 4 nitrogen and oxygen atoms in total. The molecule has 0 heterocycles. The van der Waals surface area contributed by atoms with Gasteiger partial charge in [0.15, 0.2) is 0 Å². The van der Waals surface area contributed by atoms with Crippen LogP contribution in [-0.4, -0.2) is 8.42 Å². The second kappa shape index (κ2) is 6.33. The molecule has 20 heavy (non-hydrogen) atoms. The molecule has 0 unspecified atom stereocenters. The number of nitriles is 1. The molecule has 0 saturated heterocycles. The first-order valence-corrected chi connectivity index (χ1v) is 7.60. The Morgan fingerprint density at radius 1 is 1.00 bits per heavy atom. The van der Waals surface area contributed by atoms with E-state index >= 15 is 0 Å². The standard InChI is InChI=1S/C15H14N2O2S/c16-11-10-14-8-4-5-9-15(14)20(18,19)17-12-13-6-2-1-3-7-13/h1-9,17H,10,12H2. The summed E-state index contributed by atoms with van der Waals surface area (Å²) in [5.41, 5.74) is 1.39. The topological polar surface area (TPSA) is 70.0 Å². The van der Waals surface area contributed by atoms with Gasteiger partial charge < -0.3 is 0 Å². The number of rotatable bonds is 5. The summed E-state index contributed by atoms with van der Waals surface area (Å²) in [5, 5.41) is 8.75. The van der Waals surface area contributed by atoms with Crippen LogP contribution >= 0.6 is 0 Å². The largest absolute Gasteiger partial charge is 0.241 e. The molecule has 0 radical (unpaired) electrons. The lowest BCUT2D eigenvalue weighted by Gasteiger charge is -2.09. The molecule has 0 fully saturated rings. The molecule has 0 saturated carbocycles. The lowest BCUT2D eigenvalue weighted by Crippen LogP contribution is -2.24. The highest BCUT2D eigenvalue weighted by Gasteiger charge is 2.17. The second-order valence-corrected chi connectivity index (χ2v) is 5.99. The van der Waals surface area contributed by atoms with Crippen molar-refractivity contribution in [3.05, 3.63) is 65.7 Å². The van der Waals surface area contributed by atoms with Gasteiger partial charge in [0.2, 0.25) is 10.0 Å². The third kappa shape index (κ3) is 3.44. The normalized spacial score (nSPS) is 10.9. The molecular weight excluding hydrogens is 272 g/mol. The maximum absolute atomic E-state index is 12.3. The molecule has 2 rings (SSSR count). The van der Waals surface area contributed by atoms with Crippen LogP contribution in [0.2, 0.25) is 0 Å². The van der Waals surface area contributed by atoms with Gasteiger partial charge in [0.05, 0.1) is 17.4 Å². The van der Waals surface area contributed by atoms with Crippen LogP contribution in [0.15, 0.2) is 59.5 Å². The Morgan fingerprint density at radius 3 is 2.35 bits per heavy atom. The molecular formula is C15H14N2O2S. The molecule has 0 aromatic heterocycles. The first-order valence-electron chi connectivity index (χ1n) is 6.12. The van der Waals surface area contributed by atoms with Crippen LogP contribution in [0.1, 0.15) is 11.1 Å². The predicted molar refractivity (Wildman–Crippen MR) is 76.2 cm³/mol. The van der Waals surface area contributed by atoms with Crippen LogP contribution in [0.4, 0.5) is 0 Å². The highest BCUT2D eigenvalue weighted by atomic mass is 32.2. The molecule has 0 amide bonds. The average Bonchev–Trinajstić information content (AvgIpc) is 2.47. The molecule has 5 heteroatoms. The zero-order valence-corrected chi connectivity index (χ0v) is 11.6. The second-order valence-electron chi connectivity index (χ2n) is 4.25. The Morgan fingerprint density at radius 2 is 1.65 bits per heavy atom. The molecule has 1 N–H and O–H groups in total. The lowest BCUT2D eigenvalue weighted by molar-refractivity contribution is 0.580. The molecule has 0 bridgehead atoms. The number of hydrogen-bond donors (Lipinski definition) is 1. The van der Waals surface area contributed by atoms with E-state index in [4.69, 9.17) is 5.26 Å². The van der Waals surface area contributed by atoms with Crippen LogP contribution in [0.5, 0.6) is 0 Å². The van der Waals surface area contributed by atoms with Gasteiger partial charge in [-0.15, -0.1) is 0 Å². The van der Waals surface area contributed by atoms with Crippen molar-refractivity contribution in [2.45, 2.75) is 17.9 Å². The van der Waals surface area contributed by atoms with E-state index in [0.29, 0.717) is 5.56 Å². The predicted octanol–water partition coefficient (Wildman–Crippen LogP) is 2.23. The van der Waals surface area contributed by atoms with Gasteiger partial charge in [-0.05, 0) is 17.2 Å². The summed E-state index contributed by atoms with van der Waals surface area (Å²) in [4.78, 5) is 0.164. The van der Waals surface area contributed by atoms with Crippen molar-refractivity contribution in [1.82, 2.24) is 4.72 Å². The van der Waals surface area contributed by atoms with Gasteiger partial charge in [-0.3, -0.25) is 0 Å². The van der Waals surface area contributed by atoms with Gasteiger partial charge in [-0.25, -0.2) is 13.1 Å². The highest BCUT2D eigenvalue weighted by Crippen LogP contribution is 2.16. The van der Waals surface area contributed by atoms with Gasteiger partial charge in [0.1, 0.15) is 0 Å². The van der Waals surface area contributed by atoms with Crippen molar-refractivity contribution in [3.63, 3.8) is 0 Å². The van der Waals surface area contributed by atoms with Gasteiger partial charge in [-0.1, -0.05) is 48.5 Å². The Kier molecular flexibility index (Phi) is 4.51. The monoisotopic (exact) mass is 286 g/mol. The summed E-state index contributed by atoms with van der Waals surface area (Å²) in [6, 6.07) is 17.8. The molecule has 2 aromatic carbocycles. The Bertz CT molecular complexity index is 719. The Labute approximate surface area is 118 Å². The number of sulfonamides is 1. The SMILES string of the molecule is N#CCc1ccccc1S(=O)(=O)NCc1ccccc1. The molecule has 0 aliphatic carbocycles. The summed E-state index contributed by atoms with van der Waals surface area (Å²) in [6.07, 6.45) is 0.0718. The van der Waals surface area contributed by atoms with E-state index < -0.39 is 10.0 Å². The van der Waals surface area contributed by atoms with Crippen LogP contribution in [0.3, 0.4) is 0 Å². The summed E-state index contributed by atoms with van der Waals surface area (Å²) in [7, 11) is -3.61. The van der Waals surface area contributed by atoms with Gasteiger partial charge in [0, 0.05) is 6.54 Å². The van der Waals surface area contributed by atoms with E-state index in [2.05, 4.69) is 4.72 Å². The van der Waals surface area contributed by atoms with Gasteiger partial charge in [0.25, 0.3) is 0 Å². The molecule has 0 atom stereocenters. The Hall–Kier alpha value is -2.16. The smallest absolute Gasteiger partial charge is 0.207 e. The molecule has 2 aromatic rings. The number of nitrogens with zero attached hydrogens (tertiary/aromatic N) is 1. The van der Waals surface area contributed by atoms with E-state index in [0.717, 1.165) is 5.56 Å². The Balaban J connectivity index is 2.21. The fraction of sp³-hybridized carbons (Fsp3) is 0.133. The summed E-state index contributed by atoms with van der Waals surface area (Å²) < 4.78 is 27.1. The van der Waals surface area contributed by atoms with Crippen molar-refractivity contribution in [2.75, 3.05) is 0 Å². The van der Waals surface area contributed by atoms with Crippen molar-refractivity contribution in [2.24, 2.45) is 0 Å². The van der Waals surface area contributed by atoms with Crippen LogP contribution in [0, 0.1) is 11.3 Å². The maximum Gasteiger partial charge on any atom is 0.241 e. The maximum atomic E-state index is 12.3. The summed E-state index contributed by atoms with van der Waals surface area (Å²) >= 11 is 0. The van der Waals surface area contributed by atoms with Crippen LogP contribution in [-0.2, 0) is 23.0 Å². The average molecular weight is 286 g/mol. The minimum absolute atomic E-state index is 0.0718. The van der Waals surface area contributed by atoms with Crippen molar-refractivity contribution >= 4 is 10.0 Å². The van der Waals surface area contributed by atoms with E-state index in [1.807, 2.05) is 36.4 Å². The first-order chi connectivity index (χ1) is 9.63. The number of nitrogens with one attached hydrogen (secondary N) is 1. The minimum atomic E-state index is -3.61. The van der Waals surface area contributed by atoms with Crippen molar-refractivity contribution < 1.29 is 8.42 Å². The molecule has 0 spiro atoms. The molecule has 0 aliphatic heterocycles. The van der Waals surface area contributed by atoms with Crippen molar-refractivity contribution in [3.8, 4) is 6.07 Å². The zero-order valence-electron chi connectivity index (χ0n) is 10.8. The van der Waals surface area contributed by atoms with Gasteiger partial charge in [-0.2, -0.15) is 5.26 Å². The summed E-state index contributed by atoms with van der Waals surface area (Å²) in [6.45, 7) is 0.226. The third-order valence-electron chi connectivity index (χ3n) is 2.84. The highest BCUT2D eigenvalue weighted by molar-refractivity contribution is 7.89. The quantitative estimate of drug-likeness (QED) is 0.916. The molecule has 0 aliphatic rings. The first kappa shape index (κ1) is 14.3. The van der Waals surface area contributed by atoms with E-state index in [-0.39, 0.29) is 17.9 Å². The van der Waals surface area contributed by atoms with E-state index in [9.17, 15) is 8.42 Å². The minimum Gasteiger partial charge on any atom is -0.207 e. The van der Waals surface area contributed by atoms with Crippen molar-refractivity contribution in [1.29, 1.82) is 5.26 Å². The fourth-order valence-electron chi connectivity index (χ4n) is 1.85. The lowest BCUT2D eigenvalue weighted by atomic mass is 10.2.